The number of hydrogen-bond donors (Lipinski definition) is 3. The molecule has 0 aliphatic rings. The van der Waals surface area contributed by atoms with Crippen LogP contribution in [0.2, 0.25) is 5.02 Å². The lowest BCUT2D eigenvalue weighted by atomic mass is 10.0. The van der Waals surface area contributed by atoms with Crippen LogP contribution in [0, 0.1) is 12.3 Å². The summed E-state index contributed by atoms with van der Waals surface area (Å²) in [5.41, 5.74) is 9.31. The van der Waals surface area contributed by atoms with Crippen LogP contribution in [0.5, 0.6) is 0 Å². The maximum Gasteiger partial charge on any atom is 0.258 e. The van der Waals surface area contributed by atoms with Gasteiger partial charge in [-0.3, -0.25) is 14.8 Å². The molecule has 4 N–H and O–H groups in total. The van der Waals surface area contributed by atoms with Crippen LogP contribution in [0.3, 0.4) is 0 Å². The van der Waals surface area contributed by atoms with Gasteiger partial charge in [-0.15, -0.1) is 0 Å². The van der Waals surface area contributed by atoms with E-state index in [0.717, 1.165) is 17.3 Å². The number of aryl methyl sites for hydroxylation is 1. The van der Waals surface area contributed by atoms with Crippen LogP contribution in [0.4, 0.5) is 5.82 Å². The van der Waals surface area contributed by atoms with Gasteiger partial charge in [0.1, 0.15) is 0 Å². The summed E-state index contributed by atoms with van der Waals surface area (Å²) in [4.78, 5) is 24.9. The molecule has 0 saturated heterocycles. The van der Waals surface area contributed by atoms with Gasteiger partial charge in [-0.05, 0) is 36.2 Å². The molecule has 0 unspecified atom stereocenters. The minimum Gasteiger partial charge on any atom is -0.404 e. The van der Waals surface area contributed by atoms with Crippen molar-refractivity contribution in [3.63, 3.8) is 0 Å². The molecule has 1 amide bonds. The third-order valence-electron chi connectivity index (χ3n) is 4.09. The van der Waals surface area contributed by atoms with Crippen molar-refractivity contribution in [2.75, 3.05) is 5.32 Å². The maximum absolute atomic E-state index is 12.4. The minimum absolute atomic E-state index is 0.309. The summed E-state index contributed by atoms with van der Waals surface area (Å²) in [6.45, 7) is 1.83. The predicted octanol–water partition coefficient (Wildman–Crippen LogP) is 3.70. The topological polar surface area (TPSA) is 118 Å². The number of pyridine rings is 1. The summed E-state index contributed by atoms with van der Waals surface area (Å²) in [7, 11) is 0. The number of benzene rings is 1. The highest BCUT2D eigenvalue weighted by atomic mass is 35.5. The zero-order chi connectivity index (χ0) is 20.1. The zero-order valence-corrected chi connectivity index (χ0v) is 15.7. The van der Waals surface area contributed by atoms with E-state index in [9.17, 15) is 4.79 Å². The summed E-state index contributed by atoms with van der Waals surface area (Å²) in [6.07, 6.45) is 8.62. The highest BCUT2D eigenvalue weighted by Gasteiger charge is 2.12. The van der Waals surface area contributed by atoms with Crippen LogP contribution in [0.25, 0.3) is 16.8 Å². The molecule has 2 aromatic heterocycles. The molecule has 3 aromatic rings. The number of carbonyl (C=O) groups is 1. The Hall–Kier alpha value is -3.58. The van der Waals surface area contributed by atoms with Gasteiger partial charge in [0.05, 0.1) is 28.7 Å². The molecule has 0 spiro atoms. The molecular formula is C20H17ClN6O. The highest BCUT2D eigenvalue weighted by molar-refractivity contribution is 6.33. The van der Waals surface area contributed by atoms with E-state index in [2.05, 4.69) is 20.3 Å². The standard InChI is InChI=1S/C20H17ClN6O/c1-12-4-5-24-9-16(12)20(28)27-19-11-25-18(10-26-19)15-6-13(2-3-17(15)21)14(7-22)8-23/h2-11,22H,23H2,1H3,(H,26,27,28)/b14-8+,22-7?. The van der Waals surface area contributed by atoms with Gasteiger partial charge in [0.2, 0.25) is 0 Å². The first-order valence-corrected chi connectivity index (χ1v) is 8.68. The van der Waals surface area contributed by atoms with Gasteiger partial charge in [0, 0.05) is 35.9 Å². The van der Waals surface area contributed by atoms with Gasteiger partial charge in [-0.2, -0.15) is 0 Å². The first-order chi connectivity index (χ1) is 13.5. The van der Waals surface area contributed by atoms with Crippen LogP contribution in [-0.2, 0) is 0 Å². The largest absolute Gasteiger partial charge is 0.404 e. The zero-order valence-electron chi connectivity index (χ0n) is 15.0. The van der Waals surface area contributed by atoms with E-state index in [1.807, 2.05) is 6.92 Å². The summed E-state index contributed by atoms with van der Waals surface area (Å²) in [5.74, 6) is 0.00250. The molecule has 7 nitrogen and oxygen atoms in total. The van der Waals surface area contributed by atoms with Gasteiger partial charge in [-0.25, -0.2) is 4.98 Å². The molecule has 2 heterocycles. The van der Waals surface area contributed by atoms with E-state index >= 15 is 0 Å². The van der Waals surface area contributed by atoms with Crippen LogP contribution in [0.15, 0.2) is 55.3 Å². The van der Waals surface area contributed by atoms with E-state index in [1.54, 1.807) is 30.5 Å². The summed E-state index contributed by atoms with van der Waals surface area (Å²) < 4.78 is 0. The number of aromatic nitrogens is 3. The first-order valence-electron chi connectivity index (χ1n) is 8.30. The van der Waals surface area contributed by atoms with Crippen molar-refractivity contribution in [1.29, 1.82) is 5.41 Å². The van der Waals surface area contributed by atoms with E-state index in [-0.39, 0.29) is 5.91 Å². The first kappa shape index (κ1) is 19.2. The molecule has 8 heteroatoms. The average Bonchev–Trinajstić information content (AvgIpc) is 2.71. The molecule has 3 rings (SSSR count). The summed E-state index contributed by atoms with van der Waals surface area (Å²) >= 11 is 6.29. The Morgan fingerprint density at radius 3 is 2.68 bits per heavy atom. The number of amides is 1. The average molecular weight is 393 g/mol. The van der Waals surface area contributed by atoms with Crippen LogP contribution in [-0.4, -0.2) is 27.1 Å². The van der Waals surface area contributed by atoms with Crippen LogP contribution >= 0.6 is 11.6 Å². The lowest BCUT2D eigenvalue weighted by molar-refractivity contribution is 0.102. The fourth-order valence-corrected chi connectivity index (χ4v) is 2.76. The van der Waals surface area contributed by atoms with Gasteiger partial charge < -0.3 is 16.5 Å². The predicted molar refractivity (Wildman–Crippen MR) is 110 cm³/mol. The van der Waals surface area contributed by atoms with E-state index in [1.165, 1.54) is 24.8 Å². The Morgan fingerprint density at radius 2 is 2.04 bits per heavy atom. The lowest BCUT2D eigenvalue weighted by Gasteiger charge is -2.09. The quantitative estimate of drug-likeness (QED) is 0.572. The molecule has 0 bridgehead atoms. The normalized spacial score (nSPS) is 11.1. The Labute approximate surface area is 166 Å². The van der Waals surface area contributed by atoms with E-state index in [4.69, 9.17) is 22.7 Å². The number of nitrogens with one attached hydrogen (secondary N) is 2. The fraction of sp³-hybridized carbons (Fsp3) is 0.0500. The second kappa shape index (κ2) is 8.41. The van der Waals surface area contributed by atoms with Crippen molar-refractivity contribution in [2.45, 2.75) is 6.92 Å². The Bertz CT molecular complexity index is 1060. The third kappa shape index (κ3) is 4.05. The summed E-state index contributed by atoms with van der Waals surface area (Å²) in [5, 5.41) is 10.6. The fourth-order valence-electron chi connectivity index (χ4n) is 2.55. The second-order valence-corrected chi connectivity index (χ2v) is 6.30. The number of allylic oxidation sites excluding steroid dienone is 1. The van der Waals surface area contributed by atoms with Crippen LogP contribution < -0.4 is 11.1 Å². The number of halogens is 1. The van der Waals surface area contributed by atoms with Gasteiger partial charge in [0.15, 0.2) is 5.82 Å². The molecule has 0 aliphatic heterocycles. The van der Waals surface area contributed by atoms with Crippen molar-refractivity contribution in [1.82, 2.24) is 15.0 Å². The Balaban J connectivity index is 1.85. The monoisotopic (exact) mass is 392 g/mol. The molecule has 140 valence electrons. The van der Waals surface area contributed by atoms with Crippen LogP contribution in [0.1, 0.15) is 21.5 Å². The van der Waals surface area contributed by atoms with Gasteiger partial charge in [0.25, 0.3) is 5.91 Å². The molecule has 0 atom stereocenters. The van der Waals surface area contributed by atoms with E-state index < -0.39 is 0 Å². The van der Waals surface area contributed by atoms with Crippen molar-refractivity contribution >= 4 is 35.1 Å². The smallest absolute Gasteiger partial charge is 0.258 e. The Morgan fingerprint density at radius 1 is 1.21 bits per heavy atom. The number of anilines is 1. The molecule has 0 saturated carbocycles. The molecule has 0 aliphatic carbocycles. The van der Waals surface area contributed by atoms with Crippen molar-refractivity contribution in [2.24, 2.45) is 5.73 Å². The Kier molecular flexibility index (Phi) is 5.76. The van der Waals surface area contributed by atoms with Gasteiger partial charge in [-0.1, -0.05) is 17.7 Å². The summed E-state index contributed by atoms with van der Waals surface area (Å²) in [6, 6.07) is 7.03. The number of carbonyl (C=O) groups excluding carboxylic acids is 1. The van der Waals surface area contributed by atoms with E-state index in [0.29, 0.717) is 33.2 Å². The van der Waals surface area contributed by atoms with Gasteiger partial charge >= 0.3 is 0 Å². The molecule has 1 aromatic carbocycles. The second-order valence-electron chi connectivity index (χ2n) is 5.89. The highest BCUT2D eigenvalue weighted by Crippen LogP contribution is 2.29. The maximum atomic E-state index is 12.4. The third-order valence-corrected chi connectivity index (χ3v) is 4.42. The molecule has 0 radical (unpaired) electrons. The number of nitrogens with zero attached hydrogens (tertiary/aromatic N) is 3. The molecule has 28 heavy (non-hydrogen) atoms. The number of hydrogen-bond acceptors (Lipinski definition) is 6. The van der Waals surface area contributed by atoms with Crippen molar-refractivity contribution < 1.29 is 4.79 Å². The number of rotatable bonds is 5. The van der Waals surface area contributed by atoms with Crippen molar-refractivity contribution in [3.05, 3.63) is 77.0 Å². The van der Waals surface area contributed by atoms with Crippen molar-refractivity contribution in [3.8, 4) is 11.3 Å². The number of nitrogens with two attached hydrogens (primary N) is 1. The molecule has 0 fully saturated rings. The molecular weight excluding hydrogens is 376 g/mol. The SMILES string of the molecule is Cc1ccncc1C(=O)Nc1cnc(-c2cc(/C(C=N)=C/N)ccc2Cl)cn1. The minimum atomic E-state index is -0.309. The lowest BCUT2D eigenvalue weighted by Crippen LogP contribution is -2.14.